The second-order valence-corrected chi connectivity index (χ2v) is 7.14. The zero-order chi connectivity index (χ0) is 18.6. The summed E-state index contributed by atoms with van der Waals surface area (Å²) >= 11 is 6.17. The van der Waals surface area contributed by atoms with Crippen LogP contribution < -0.4 is 9.47 Å². The van der Waals surface area contributed by atoms with Gasteiger partial charge in [0.05, 0.1) is 17.6 Å². The fourth-order valence-electron chi connectivity index (χ4n) is 2.16. The van der Waals surface area contributed by atoms with Crippen molar-refractivity contribution in [2.45, 2.75) is 26.9 Å². The molecule has 8 heteroatoms. The molecule has 1 saturated heterocycles. The van der Waals surface area contributed by atoms with Gasteiger partial charge in [0.15, 0.2) is 11.5 Å². The smallest absolute Gasteiger partial charge is 0.323 e. The van der Waals surface area contributed by atoms with Crippen molar-refractivity contribution in [3.63, 3.8) is 0 Å². The van der Waals surface area contributed by atoms with Gasteiger partial charge in [-0.1, -0.05) is 30.0 Å². The Hall–Kier alpha value is -2.06. The number of hydrogen-bond acceptors (Lipinski definition) is 6. The molecule has 0 spiro atoms. The number of thiocarbonyl (C=S) groups is 1. The Labute approximate surface area is 155 Å². The number of carboxylic acid groups (broad SMARTS) is 1. The zero-order valence-corrected chi connectivity index (χ0v) is 15.8. The van der Waals surface area contributed by atoms with Gasteiger partial charge in [0.2, 0.25) is 0 Å². The minimum Gasteiger partial charge on any atom is -0.490 e. The number of rotatable bonds is 7. The summed E-state index contributed by atoms with van der Waals surface area (Å²) in [5.41, 5.74) is 0.746. The number of benzene rings is 1. The highest BCUT2D eigenvalue weighted by atomic mass is 32.2. The van der Waals surface area contributed by atoms with Crippen LogP contribution in [0, 0.1) is 0 Å². The zero-order valence-electron chi connectivity index (χ0n) is 14.1. The van der Waals surface area contributed by atoms with Gasteiger partial charge in [-0.05, 0) is 44.5 Å². The van der Waals surface area contributed by atoms with Crippen molar-refractivity contribution in [3.05, 3.63) is 28.7 Å². The lowest BCUT2D eigenvalue weighted by atomic mass is 10.2. The van der Waals surface area contributed by atoms with E-state index in [-0.39, 0.29) is 10.4 Å². The van der Waals surface area contributed by atoms with Crippen LogP contribution >= 0.6 is 24.0 Å². The van der Waals surface area contributed by atoms with E-state index in [2.05, 4.69) is 0 Å². The molecule has 1 N–H and O–H groups in total. The van der Waals surface area contributed by atoms with Gasteiger partial charge < -0.3 is 14.6 Å². The number of aliphatic carboxylic acids is 1. The van der Waals surface area contributed by atoms with Gasteiger partial charge in [-0.3, -0.25) is 14.5 Å². The first-order valence-electron chi connectivity index (χ1n) is 7.72. The average molecular weight is 381 g/mol. The summed E-state index contributed by atoms with van der Waals surface area (Å²) in [5, 5.41) is 8.87. The lowest BCUT2D eigenvalue weighted by molar-refractivity contribution is -0.140. The maximum Gasteiger partial charge on any atom is 0.323 e. The molecule has 1 aromatic rings. The third kappa shape index (κ3) is 4.96. The van der Waals surface area contributed by atoms with E-state index in [1.807, 2.05) is 26.8 Å². The maximum atomic E-state index is 12.3. The molecule has 1 aliphatic rings. The summed E-state index contributed by atoms with van der Waals surface area (Å²) < 4.78 is 11.6. The molecule has 25 heavy (non-hydrogen) atoms. The number of nitrogens with zero attached hydrogens (tertiary/aromatic N) is 1. The van der Waals surface area contributed by atoms with Crippen molar-refractivity contribution in [3.8, 4) is 11.5 Å². The highest BCUT2D eigenvalue weighted by molar-refractivity contribution is 8.26. The second kappa shape index (κ2) is 8.35. The quantitative estimate of drug-likeness (QED) is 0.574. The normalized spacial score (nSPS) is 16.0. The van der Waals surface area contributed by atoms with E-state index in [1.165, 1.54) is 0 Å². The lowest BCUT2D eigenvalue weighted by Gasteiger charge is -2.15. The number of hydrogen-bond donors (Lipinski definition) is 1. The molecule has 0 aromatic heterocycles. The molecular formula is C17H19NO5S2. The van der Waals surface area contributed by atoms with Crippen molar-refractivity contribution in [1.82, 2.24) is 4.90 Å². The van der Waals surface area contributed by atoms with Crippen LogP contribution in [-0.2, 0) is 9.59 Å². The minimum atomic E-state index is -1.11. The van der Waals surface area contributed by atoms with Crippen LogP contribution in [0.25, 0.3) is 6.08 Å². The Bertz CT molecular complexity index is 730. The first kappa shape index (κ1) is 19.3. The number of carboxylic acids is 1. The molecule has 1 aromatic carbocycles. The minimum absolute atomic E-state index is 0.0114. The summed E-state index contributed by atoms with van der Waals surface area (Å²) in [6.45, 7) is 5.78. The molecule has 134 valence electrons. The number of carbonyl (C=O) groups is 2. The summed E-state index contributed by atoms with van der Waals surface area (Å²) in [4.78, 5) is 24.6. The SMILES string of the molecule is CCOc1cc(/C=C2\SC(=S)N(CC(=O)O)C2=O)ccc1OC(C)C. The Kier molecular flexibility index (Phi) is 6.44. The Morgan fingerprint density at radius 1 is 1.40 bits per heavy atom. The van der Waals surface area contributed by atoms with Crippen molar-refractivity contribution in [1.29, 1.82) is 0 Å². The standard InChI is InChI=1S/C17H19NO5S2/c1-4-22-13-7-11(5-6-12(13)23-10(2)3)8-14-16(21)18(9-15(19)20)17(24)25-14/h5-8,10H,4,9H2,1-3H3,(H,19,20)/b14-8-. The summed E-state index contributed by atoms with van der Waals surface area (Å²) in [6.07, 6.45) is 1.68. The van der Waals surface area contributed by atoms with Crippen molar-refractivity contribution >= 4 is 46.3 Å². The third-order valence-electron chi connectivity index (χ3n) is 3.10. The molecule has 6 nitrogen and oxygen atoms in total. The molecule has 1 fully saturated rings. The van der Waals surface area contributed by atoms with Crippen LogP contribution in [0.4, 0.5) is 0 Å². The molecule has 1 amide bonds. The monoisotopic (exact) mass is 381 g/mol. The van der Waals surface area contributed by atoms with Crippen molar-refractivity contribution < 1.29 is 24.2 Å². The van der Waals surface area contributed by atoms with Gasteiger partial charge in [0.1, 0.15) is 10.9 Å². The molecular weight excluding hydrogens is 362 g/mol. The van der Waals surface area contributed by atoms with E-state index in [0.29, 0.717) is 23.0 Å². The van der Waals surface area contributed by atoms with Crippen LogP contribution in [0.3, 0.4) is 0 Å². The largest absolute Gasteiger partial charge is 0.490 e. The molecule has 0 unspecified atom stereocenters. The fourth-order valence-corrected chi connectivity index (χ4v) is 3.41. The van der Waals surface area contributed by atoms with Gasteiger partial charge >= 0.3 is 5.97 Å². The summed E-state index contributed by atoms with van der Waals surface area (Å²) in [6, 6.07) is 5.38. The molecule has 0 saturated carbocycles. The summed E-state index contributed by atoms with van der Waals surface area (Å²) in [7, 11) is 0. The predicted molar refractivity (Wildman–Crippen MR) is 101 cm³/mol. The van der Waals surface area contributed by atoms with Gasteiger partial charge in [-0.25, -0.2) is 0 Å². The van der Waals surface area contributed by atoms with E-state index in [0.717, 1.165) is 22.2 Å². The molecule has 0 radical (unpaired) electrons. The number of thioether (sulfide) groups is 1. The van der Waals surface area contributed by atoms with Gasteiger partial charge in [0, 0.05) is 0 Å². The van der Waals surface area contributed by atoms with E-state index < -0.39 is 18.4 Å². The number of amides is 1. The first-order chi connectivity index (χ1) is 11.8. The van der Waals surface area contributed by atoms with E-state index in [1.54, 1.807) is 18.2 Å². The number of ether oxygens (including phenoxy) is 2. The number of carbonyl (C=O) groups excluding carboxylic acids is 1. The predicted octanol–water partition coefficient (Wildman–Crippen LogP) is 3.16. The van der Waals surface area contributed by atoms with Gasteiger partial charge in [-0.15, -0.1) is 0 Å². The average Bonchev–Trinajstić information content (AvgIpc) is 2.77. The highest BCUT2D eigenvalue weighted by Crippen LogP contribution is 2.35. The fraction of sp³-hybridized carbons (Fsp3) is 0.353. The Balaban J connectivity index is 2.28. The molecule has 1 aliphatic heterocycles. The van der Waals surface area contributed by atoms with Crippen LogP contribution in [0.5, 0.6) is 11.5 Å². The molecule has 0 aliphatic carbocycles. The van der Waals surface area contributed by atoms with Gasteiger partial charge in [-0.2, -0.15) is 0 Å². The van der Waals surface area contributed by atoms with E-state index >= 15 is 0 Å². The topological polar surface area (TPSA) is 76.1 Å². The van der Waals surface area contributed by atoms with Crippen LogP contribution in [0.2, 0.25) is 0 Å². The van der Waals surface area contributed by atoms with Gasteiger partial charge in [0.25, 0.3) is 5.91 Å². The van der Waals surface area contributed by atoms with Crippen LogP contribution in [-0.4, -0.2) is 45.5 Å². The molecule has 1 heterocycles. The maximum absolute atomic E-state index is 12.3. The van der Waals surface area contributed by atoms with E-state index in [4.69, 9.17) is 26.8 Å². The van der Waals surface area contributed by atoms with Crippen molar-refractivity contribution in [2.24, 2.45) is 0 Å². The highest BCUT2D eigenvalue weighted by Gasteiger charge is 2.33. The Morgan fingerprint density at radius 3 is 2.72 bits per heavy atom. The first-order valence-corrected chi connectivity index (χ1v) is 8.95. The third-order valence-corrected chi connectivity index (χ3v) is 4.47. The van der Waals surface area contributed by atoms with Crippen molar-refractivity contribution in [2.75, 3.05) is 13.2 Å². The molecule has 0 atom stereocenters. The van der Waals surface area contributed by atoms with Crippen LogP contribution in [0.15, 0.2) is 23.1 Å². The lowest BCUT2D eigenvalue weighted by Crippen LogP contribution is -2.33. The molecule has 0 bridgehead atoms. The summed E-state index contributed by atoms with van der Waals surface area (Å²) in [5.74, 6) is -0.289. The Morgan fingerprint density at radius 2 is 2.12 bits per heavy atom. The molecule has 2 rings (SSSR count). The second-order valence-electron chi connectivity index (χ2n) is 5.47. The van der Waals surface area contributed by atoms with Crippen LogP contribution in [0.1, 0.15) is 26.3 Å². The van der Waals surface area contributed by atoms with E-state index in [9.17, 15) is 9.59 Å².